The summed E-state index contributed by atoms with van der Waals surface area (Å²) < 4.78 is 5.55. The lowest BCUT2D eigenvalue weighted by Gasteiger charge is -2.37. The predicted octanol–water partition coefficient (Wildman–Crippen LogP) is 4.49. The van der Waals surface area contributed by atoms with E-state index >= 15 is 0 Å². The third-order valence-corrected chi connectivity index (χ3v) is 8.01. The molecule has 2 aliphatic heterocycles. The van der Waals surface area contributed by atoms with Crippen molar-refractivity contribution in [1.29, 1.82) is 0 Å². The lowest BCUT2D eigenvalue weighted by atomic mass is 9.94. The first-order valence-corrected chi connectivity index (χ1v) is 13.1. The zero-order chi connectivity index (χ0) is 24.6. The summed E-state index contributed by atoms with van der Waals surface area (Å²) in [6, 6.07) is 16.0. The lowest BCUT2D eigenvalue weighted by molar-refractivity contribution is 0.0652. The van der Waals surface area contributed by atoms with Crippen LogP contribution in [0.5, 0.6) is 5.75 Å². The van der Waals surface area contributed by atoms with Gasteiger partial charge in [-0.25, -0.2) is 4.98 Å². The van der Waals surface area contributed by atoms with E-state index in [-0.39, 0.29) is 17.9 Å². The first-order valence-electron chi connectivity index (χ1n) is 13.1. The number of carbonyl (C=O) groups excluding carboxylic acids is 2. The Kier molecular flexibility index (Phi) is 5.99. The van der Waals surface area contributed by atoms with Gasteiger partial charge in [-0.2, -0.15) is 0 Å². The SMILES string of the molecule is COc1ccccc1N1CCN(C(=O)c2c3c(nc4ccccc24)C(=O)N(C2CCCCC2)C3)CC1. The number of rotatable bonds is 4. The number of ether oxygens (including phenoxy) is 1. The number of hydrogen-bond acceptors (Lipinski definition) is 5. The Morgan fingerprint density at radius 3 is 2.44 bits per heavy atom. The molecule has 0 radical (unpaired) electrons. The van der Waals surface area contributed by atoms with E-state index in [4.69, 9.17) is 9.72 Å². The fraction of sp³-hybridized carbons (Fsp3) is 0.414. The number of aromatic nitrogens is 1. The molecule has 0 unspecified atom stereocenters. The number of para-hydroxylation sites is 3. The summed E-state index contributed by atoms with van der Waals surface area (Å²) in [5.41, 5.74) is 3.70. The van der Waals surface area contributed by atoms with Crippen molar-refractivity contribution < 1.29 is 14.3 Å². The minimum absolute atomic E-state index is 0.00261. The van der Waals surface area contributed by atoms with Gasteiger partial charge in [0, 0.05) is 49.7 Å². The number of methoxy groups -OCH3 is 1. The van der Waals surface area contributed by atoms with Gasteiger partial charge in [0.2, 0.25) is 0 Å². The lowest BCUT2D eigenvalue weighted by Crippen LogP contribution is -2.49. The summed E-state index contributed by atoms with van der Waals surface area (Å²) >= 11 is 0. The highest BCUT2D eigenvalue weighted by Gasteiger charge is 2.39. The van der Waals surface area contributed by atoms with Crippen LogP contribution in [0.2, 0.25) is 0 Å². The quantitative estimate of drug-likeness (QED) is 0.546. The molecular weight excluding hydrogens is 452 g/mol. The van der Waals surface area contributed by atoms with E-state index in [1.807, 2.05) is 52.3 Å². The highest BCUT2D eigenvalue weighted by atomic mass is 16.5. The van der Waals surface area contributed by atoms with E-state index in [0.717, 1.165) is 61.2 Å². The van der Waals surface area contributed by atoms with Crippen LogP contribution in [0.25, 0.3) is 10.9 Å². The van der Waals surface area contributed by atoms with Crippen LogP contribution < -0.4 is 9.64 Å². The molecule has 36 heavy (non-hydrogen) atoms. The van der Waals surface area contributed by atoms with Gasteiger partial charge < -0.3 is 19.4 Å². The Hall–Kier alpha value is -3.61. The van der Waals surface area contributed by atoms with Crippen LogP contribution >= 0.6 is 0 Å². The third kappa shape index (κ3) is 3.87. The molecule has 2 aromatic carbocycles. The predicted molar refractivity (Wildman–Crippen MR) is 140 cm³/mol. The second-order valence-corrected chi connectivity index (χ2v) is 10.0. The van der Waals surface area contributed by atoms with Crippen LogP contribution in [0.3, 0.4) is 0 Å². The highest BCUT2D eigenvalue weighted by Crippen LogP contribution is 2.36. The zero-order valence-electron chi connectivity index (χ0n) is 20.8. The van der Waals surface area contributed by atoms with Gasteiger partial charge in [-0.05, 0) is 31.0 Å². The molecule has 2 amide bonds. The number of fused-ring (bicyclic) bond motifs is 2. The molecule has 3 heterocycles. The van der Waals surface area contributed by atoms with Crippen molar-refractivity contribution in [3.63, 3.8) is 0 Å². The maximum Gasteiger partial charge on any atom is 0.273 e. The van der Waals surface area contributed by atoms with Crippen LogP contribution in [0, 0.1) is 0 Å². The summed E-state index contributed by atoms with van der Waals surface area (Å²) in [4.78, 5) is 38.5. The Bertz CT molecular complexity index is 1310. The molecule has 1 saturated heterocycles. The number of amides is 2. The molecule has 6 rings (SSSR count). The third-order valence-electron chi connectivity index (χ3n) is 8.01. The highest BCUT2D eigenvalue weighted by molar-refractivity contribution is 6.12. The van der Waals surface area contributed by atoms with Gasteiger partial charge in [0.05, 0.1) is 23.9 Å². The normalized spacial score (nSPS) is 18.6. The number of hydrogen-bond donors (Lipinski definition) is 0. The van der Waals surface area contributed by atoms with Gasteiger partial charge in [0.25, 0.3) is 11.8 Å². The standard InChI is InChI=1S/C29H32N4O3/c1-36-25-14-8-7-13-24(25)31-15-17-32(18-16-31)28(34)26-21-11-5-6-12-23(21)30-27-22(26)19-33(29(27)35)20-9-3-2-4-10-20/h5-8,11-14,20H,2-4,9-10,15-19H2,1H3. The van der Waals surface area contributed by atoms with E-state index in [0.29, 0.717) is 36.4 Å². The topological polar surface area (TPSA) is 66.0 Å². The zero-order valence-corrected chi connectivity index (χ0v) is 20.8. The summed E-state index contributed by atoms with van der Waals surface area (Å²) in [5.74, 6) is 0.831. The molecule has 0 atom stereocenters. The Balaban J connectivity index is 1.30. The minimum atomic E-state index is -0.0160. The number of piperazine rings is 1. The maximum atomic E-state index is 14.1. The average molecular weight is 485 g/mol. The summed E-state index contributed by atoms with van der Waals surface area (Å²) in [7, 11) is 1.69. The second kappa shape index (κ2) is 9.45. The second-order valence-electron chi connectivity index (χ2n) is 10.0. The molecule has 1 saturated carbocycles. The molecule has 2 fully saturated rings. The van der Waals surface area contributed by atoms with Gasteiger partial charge in [0.1, 0.15) is 11.4 Å². The van der Waals surface area contributed by atoms with Gasteiger partial charge in [-0.3, -0.25) is 9.59 Å². The van der Waals surface area contributed by atoms with Crippen molar-refractivity contribution in [2.75, 3.05) is 38.2 Å². The summed E-state index contributed by atoms with van der Waals surface area (Å²) in [6.07, 6.45) is 5.62. The van der Waals surface area contributed by atoms with Crippen LogP contribution in [-0.2, 0) is 6.54 Å². The molecule has 0 spiro atoms. The average Bonchev–Trinajstić information content (AvgIpc) is 3.27. The van der Waals surface area contributed by atoms with Crippen LogP contribution in [0.1, 0.15) is 58.5 Å². The van der Waals surface area contributed by atoms with Crippen molar-refractivity contribution in [3.05, 3.63) is 65.4 Å². The molecule has 186 valence electrons. The van der Waals surface area contributed by atoms with Gasteiger partial charge >= 0.3 is 0 Å². The van der Waals surface area contributed by atoms with Gasteiger partial charge in [0.15, 0.2) is 0 Å². The van der Waals surface area contributed by atoms with E-state index in [1.54, 1.807) is 7.11 Å². The number of benzene rings is 2. The van der Waals surface area contributed by atoms with Crippen molar-refractivity contribution in [3.8, 4) is 5.75 Å². The molecule has 3 aromatic rings. The van der Waals surface area contributed by atoms with Crippen LogP contribution in [0.4, 0.5) is 5.69 Å². The Morgan fingerprint density at radius 1 is 0.944 bits per heavy atom. The number of anilines is 1. The largest absolute Gasteiger partial charge is 0.495 e. The fourth-order valence-corrected chi connectivity index (χ4v) is 6.09. The minimum Gasteiger partial charge on any atom is -0.495 e. The first kappa shape index (κ1) is 22.8. The molecular formula is C29H32N4O3. The van der Waals surface area contributed by atoms with Crippen molar-refractivity contribution in [2.24, 2.45) is 0 Å². The van der Waals surface area contributed by atoms with Crippen molar-refractivity contribution >= 4 is 28.4 Å². The molecule has 0 bridgehead atoms. The Morgan fingerprint density at radius 2 is 1.67 bits per heavy atom. The smallest absolute Gasteiger partial charge is 0.273 e. The van der Waals surface area contributed by atoms with Gasteiger partial charge in [-0.15, -0.1) is 0 Å². The summed E-state index contributed by atoms with van der Waals surface area (Å²) in [6.45, 7) is 3.17. The van der Waals surface area contributed by atoms with Gasteiger partial charge in [-0.1, -0.05) is 49.6 Å². The number of carbonyl (C=O) groups is 2. The number of pyridine rings is 1. The molecule has 1 aliphatic carbocycles. The maximum absolute atomic E-state index is 14.1. The van der Waals surface area contributed by atoms with E-state index in [2.05, 4.69) is 11.0 Å². The molecule has 3 aliphatic rings. The van der Waals surface area contributed by atoms with E-state index in [9.17, 15) is 9.59 Å². The Labute approximate surface area is 211 Å². The molecule has 7 nitrogen and oxygen atoms in total. The van der Waals surface area contributed by atoms with E-state index in [1.165, 1.54) is 6.42 Å². The first-order chi connectivity index (χ1) is 17.7. The summed E-state index contributed by atoms with van der Waals surface area (Å²) in [5, 5.41) is 0.840. The molecule has 1 aromatic heterocycles. The van der Waals surface area contributed by atoms with Crippen molar-refractivity contribution in [1.82, 2.24) is 14.8 Å². The van der Waals surface area contributed by atoms with E-state index < -0.39 is 0 Å². The number of nitrogens with zero attached hydrogens (tertiary/aromatic N) is 4. The fourth-order valence-electron chi connectivity index (χ4n) is 6.09. The van der Waals surface area contributed by atoms with Crippen molar-refractivity contribution in [2.45, 2.75) is 44.7 Å². The molecule has 7 heteroatoms. The monoisotopic (exact) mass is 484 g/mol. The molecule has 0 N–H and O–H groups in total. The van der Waals surface area contributed by atoms with Crippen LogP contribution in [0.15, 0.2) is 48.5 Å². The van der Waals surface area contributed by atoms with Crippen LogP contribution in [-0.4, -0.2) is 65.9 Å².